The Balaban J connectivity index is 1.87. The normalized spacial score (nSPS) is 12.2. The van der Waals surface area contributed by atoms with Crippen LogP contribution in [-0.4, -0.2) is 46.8 Å². The molecule has 0 N–H and O–H groups in total. The Labute approximate surface area is 209 Å². The van der Waals surface area contributed by atoms with Crippen molar-refractivity contribution in [3.8, 4) is 11.5 Å². The van der Waals surface area contributed by atoms with Crippen LogP contribution in [0, 0.1) is 6.92 Å². The summed E-state index contributed by atoms with van der Waals surface area (Å²) in [6.45, 7) is 9.12. The van der Waals surface area contributed by atoms with Crippen molar-refractivity contribution in [3.63, 3.8) is 0 Å². The van der Waals surface area contributed by atoms with Crippen molar-refractivity contribution in [3.05, 3.63) is 71.7 Å². The predicted molar refractivity (Wildman–Crippen MR) is 141 cm³/mol. The first-order chi connectivity index (χ1) is 16.8. The van der Waals surface area contributed by atoms with E-state index in [0.29, 0.717) is 12.0 Å². The summed E-state index contributed by atoms with van der Waals surface area (Å²) in [4.78, 5) is 17.7. The van der Waals surface area contributed by atoms with Gasteiger partial charge in [0.2, 0.25) is 5.76 Å². The Bertz CT molecular complexity index is 1000. The van der Waals surface area contributed by atoms with Crippen LogP contribution in [-0.2, 0) is 19.1 Å². The zero-order chi connectivity index (χ0) is 25.7. The van der Waals surface area contributed by atoms with Crippen molar-refractivity contribution >= 4 is 19.8 Å². The van der Waals surface area contributed by atoms with Crippen molar-refractivity contribution in [2.24, 2.45) is 5.16 Å². The van der Waals surface area contributed by atoms with Gasteiger partial charge in [0.25, 0.3) is 0 Å². The lowest BCUT2D eigenvalue weighted by atomic mass is 10.1. The summed E-state index contributed by atoms with van der Waals surface area (Å²) in [5.41, 5.74) is 2.43. The summed E-state index contributed by atoms with van der Waals surface area (Å²) in [5.74, 6) is 0.767. The fourth-order valence-corrected chi connectivity index (χ4v) is 4.98. The maximum atomic E-state index is 11.9. The summed E-state index contributed by atoms with van der Waals surface area (Å²) >= 11 is 0. The molecule has 2 rings (SSSR count). The molecule has 0 amide bonds. The maximum absolute atomic E-state index is 11.9. The summed E-state index contributed by atoms with van der Waals surface area (Å²) in [5, 5.41) is 4.34. The maximum Gasteiger partial charge on any atom is 0.377 e. The van der Waals surface area contributed by atoms with Gasteiger partial charge in [-0.05, 0) is 44.0 Å². The van der Waals surface area contributed by atoms with Gasteiger partial charge in [-0.3, -0.25) is 0 Å². The number of ether oxygens (including phenoxy) is 4. The molecule has 0 bridgehead atoms. The van der Waals surface area contributed by atoms with E-state index in [1.165, 1.54) is 20.5 Å². The van der Waals surface area contributed by atoms with Gasteiger partial charge in [-0.25, -0.2) is 4.79 Å². The van der Waals surface area contributed by atoms with E-state index in [4.69, 9.17) is 23.8 Å². The lowest BCUT2D eigenvalue weighted by molar-refractivity contribution is -0.138. The molecule has 0 heterocycles. The van der Waals surface area contributed by atoms with Crippen LogP contribution in [0.4, 0.5) is 0 Å². The van der Waals surface area contributed by atoms with Crippen molar-refractivity contribution < 1.29 is 28.6 Å². The molecule has 0 unspecified atom stereocenters. The molecule has 0 saturated heterocycles. The first-order valence-electron chi connectivity index (χ1n) is 11.7. The number of hydrogen-bond acceptors (Lipinski definition) is 7. The van der Waals surface area contributed by atoms with Gasteiger partial charge < -0.3 is 23.8 Å². The number of unbranched alkanes of at least 4 members (excludes halogenated alkanes) is 1. The number of benzene rings is 2. The molecule has 0 aliphatic heterocycles. The average Bonchev–Trinajstić information content (AvgIpc) is 2.84. The highest BCUT2D eigenvalue weighted by molar-refractivity contribution is 6.77. The molecule has 0 aromatic heterocycles. The summed E-state index contributed by atoms with van der Waals surface area (Å²) in [6.07, 6.45) is 3.98. The quantitative estimate of drug-likeness (QED) is 0.0614. The number of rotatable bonds is 14. The van der Waals surface area contributed by atoms with E-state index >= 15 is 0 Å². The molecule has 2 aromatic rings. The van der Waals surface area contributed by atoms with Crippen LogP contribution in [0.15, 0.2) is 65.7 Å². The molecular formula is C27H37NO6Si. The van der Waals surface area contributed by atoms with Gasteiger partial charge >= 0.3 is 5.97 Å². The fraction of sp³-hybridized carbons (Fsp3) is 0.407. The van der Waals surface area contributed by atoms with Gasteiger partial charge in [0, 0.05) is 5.56 Å². The van der Waals surface area contributed by atoms with E-state index in [0.717, 1.165) is 48.1 Å². The second-order valence-corrected chi connectivity index (χ2v) is 14.1. The van der Waals surface area contributed by atoms with Gasteiger partial charge in [-0.1, -0.05) is 61.0 Å². The molecule has 0 aliphatic rings. The number of oxime groups is 1. The second-order valence-electron chi connectivity index (χ2n) is 9.02. The number of esters is 1. The largest absolute Gasteiger partial charge is 0.500 e. The lowest BCUT2D eigenvalue weighted by Gasteiger charge is -2.20. The van der Waals surface area contributed by atoms with E-state index in [9.17, 15) is 4.79 Å². The molecular weight excluding hydrogens is 462 g/mol. The van der Waals surface area contributed by atoms with Crippen LogP contribution < -0.4 is 9.47 Å². The molecule has 0 spiro atoms. The molecule has 0 radical (unpaired) electrons. The Morgan fingerprint density at radius 2 is 1.80 bits per heavy atom. The third-order valence-electron chi connectivity index (χ3n) is 5.35. The van der Waals surface area contributed by atoms with E-state index < -0.39 is 14.0 Å². The van der Waals surface area contributed by atoms with E-state index in [1.807, 2.05) is 62.4 Å². The first kappa shape index (κ1) is 28.0. The van der Waals surface area contributed by atoms with Crippen molar-refractivity contribution in [1.82, 2.24) is 0 Å². The third-order valence-corrected chi connectivity index (χ3v) is 7.97. The molecule has 0 fully saturated rings. The third kappa shape index (κ3) is 9.86. The van der Waals surface area contributed by atoms with Crippen molar-refractivity contribution in [2.45, 2.75) is 45.8 Å². The monoisotopic (exact) mass is 499 g/mol. The van der Waals surface area contributed by atoms with Crippen LogP contribution >= 0.6 is 0 Å². The van der Waals surface area contributed by atoms with E-state index in [2.05, 4.69) is 18.2 Å². The molecule has 190 valence electrons. The van der Waals surface area contributed by atoms with Crippen LogP contribution in [0.3, 0.4) is 0 Å². The minimum Gasteiger partial charge on any atom is -0.500 e. The van der Waals surface area contributed by atoms with Gasteiger partial charge in [0.15, 0.2) is 0 Å². The Kier molecular flexibility index (Phi) is 11.4. The van der Waals surface area contributed by atoms with Crippen LogP contribution in [0.2, 0.25) is 19.1 Å². The predicted octanol–water partition coefficient (Wildman–Crippen LogP) is 5.88. The number of hydrogen-bond donors (Lipinski definition) is 0. The standard InChI is InChI=1S/C27H37NO6Si/c1-21-14-15-23(18-25(21)34-26(19-30-3)27(29)31-4)22(2)28-33-20-35(5,6)17-11-10-16-32-24-12-8-7-9-13-24/h7-9,12-15,18-19H,10-11,16-17,20H2,1-6H3. The smallest absolute Gasteiger partial charge is 0.377 e. The highest BCUT2D eigenvalue weighted by Crippen LogP contribution is 2.23. The van der Waals surface area contributed by atoms with Crippen LogP contribution in [0.25, 0.3) is 0 Å². The van der Waals surface area contributed by atoms with Gasteiger partial charge in [0.05, 0.1) is 34.6 Å². The number of para-hydroxylation sites is 1. The summed E-state index contributed by atoms with van der Waals surface area (Å²) < 4.78 is 21.2. The lowest BCUT2D eigenvalue weighted by Crippen LogP contribution is -2.32. The Morgan fingerprint density at radius 1 is 1.06 bits per heavy atom. The Morgan fingerprint density at radius 3 is 2.49 bits per heavy atom. The number of carbonyl (C=O) groups excluding carboxylic acids is 1. The molecule has 2 aromatic carbocycles. The van der Waals surface area contributed by atoms with Crippen LogP contribution in [0.1, 0.15) is 30.9 Å². The van der Waals surface area contributed by atoms with Crippen LogP contribution in [0.5, 0.6) is 11.5 Å². The molecule has 0 saturated carbocycles. The highest BCUT2D eigenvalue weighted by atomic mass is 28.3. The number of methoxy groups -OCH3 is 2. The number of nitrogens with zero attached hydrogens (tertiary/aromatic N) is 1. The topological polar surface area (TPSA) is 75.6 Å². The van der Waals surface area contributed by atoms with Gasteiger partial charge in [0.1, 0.15) is 24.0 Å². The Hall–Kier alpha value is -3.26. The minimum atomic E-state index is -1.55. The molecule has 7 nitrogen and oxygen atoms in total. The van der Waals surface area contributed by atoms with Gasteiger partial charge in [-0.15, -0.1) is 0 Å². The summed E-state index contributed by atoms with van der Waals surface area (Å²) in [6, 6.07) is 16.7. The number of carbonyl (C=O) groups is 1. The zero-order valence-corrected chi connectivity index (χ0v) is 22.6. The van der Waals surface area contributed by atoms with E-state index in [-0.39, 0.29) is 5.76 Å². The van der Waals surface area contributed by atoms with Crippen molar-refractivity contribution in [1.29, 1.82) is 0 Å². The SMILES string of the molecule is COC=C(Oc1cc(C(C)=NOC[Si](C)(C)CCCCOc2ccccc2)ccc1C)C(=O)OC. The van der Waals surface area contributed by atoms with Crippen molar-refractivity contribution in [2.75, 3.05) is 27.1 Å². The first-order valence-corrected chi connectivity index (χ1v) is 15.1. The number of aryl methyl sites for hydroxylation is 1. The molecule has 0 aliphatic carbocycles. The van der Waals surface area contributed by atoms with E-state index in [1.54, 1.807) is 0 Å². The molecule has 35 heavy (non-hydrogen) atoms. The minimum absolute atomic E-state index is 0.0389. The summed E-state index contributed by atoms with van der Waals surface area (Å²) in [7, 11) is 1.17. The average molecular weight is 500 g/mol. The zero-order valence-electron chi connectivity index (χ0n) is 21.6. The molecule has 8 heteroatoms. The fourth-order valence-electron chi connectivity index (χ4n) is 3.22. The van der Waals surface area contributed by atoms with Gasteiger partial charge in [-0.2, -0.15) is 0 Å². The second kappa shape index (κ2) is 14.2. The highest BCUT2D eigenvalue weighted by Gasteiger charge is 2.22. The molecule has 0 atom stereocenters.